The molecule has 0 amide bonds. The molecule has 0 aromatic heterocycles. The third-order valence-corrected chi connectivity index (χ3v) is 3.13. The predicted octanol–water partition coefficient (Wildman–Crippen LogP) is 4.67. The third kappa shape index (κ3) is 2.01. The fraction of sp³-hybridized carbons (Fsp3) is 0.0769. The van der Waals surface area contributed by atoms with E-state index in [0.29, 0.717) is 15.8 Å². The first-order chi connectivity index (χ1) is 7.74. The Morgan fingerprint density at radius 2 is 1.62 bits per heavy atom. The highest BCUT2D eigenvalue weighted by Crippen LogP contribution is 2.40. The molecule has 0 aliphatic heterocycles. The van der Waals surface area contributed by atoms with Gasteiger partial charge in [0.2, 0.25) is 0 Å². The van der Waals surface area contributed by atoms with Crippen molar-refractivity contribution >= 4 is 23.2 Å². The number of hydrogen-bond donors (Lipinski definition) is 0. The van der Waals surface area contributed by atoms with Gasteiger partial charge < -0.3 is 4.74 Å². The van der Waals surface area contributed by atoms with Gasteiger partial charge in [0.25, 0.3) is 0 Å². The molecule has 0 radical (unpaired) electrons. The van der Waals surface area contributed by atoms with Crippen molar-refractivity contribution in [1.29, 1.82) is 0 Å². The van der Waals surface area contributed by atoms with Gasteiger partial charge in [-0.05, 0) is 17.7 Å². The van der Waals surface area contributed by atoms with Crippen molar-refractivity contribution < 1.29 is 4.74 Å². The molecule has 0 saturated heterocycles. The Morgan fingerprint density at radius 3 is 2.25 bits per heavy atom. The van der Waals surface area contributed by atoms with Crippen LogP contribution in [-0.4, -0.2) is 7.11 Å². The molecule has 0 aliphatic rings. The summed E-state index contributed by atoms with van der Waals surface area (Å²) in [7, 11) is 1.59. The highest BCUT2D eigenvalue weighted by molar-refractivity contribution is 6.43. The third-order valence-electron chi connectivity index (χ3n) is 2.34. The average molecular weight is 253 g/mol. The fourth-order valence-corrected chi connectivity index (χ4v) is 1.97. The van der Waals surface area contributed by atoms with Crippen molar-refractivity contribution in [1.82, 2.24) is 0 Å². The van der Waals surface area contributed by atoms with Gasteiger partial charge in [0.15, 0.2) is 0 Å². The van der Waals surface area contributed by atoms with Gasteiger partial charge in [-0.3, -0.25) is 0 Å². The molecule has 0 spiro atoms. The van der Waals surface area contributed by atoms with Gasteiger partial charge in [-0.1, -0.05) is 53.5 Å². The molecule has 0 N–H and O–H groups in total. The van der Waals surface area contributed by atoms with Crippen LogP contribution in [0.4, 0.5) is 0 Å². The predicted molar refractivity (Wildman–Crippen MR) is 68.5 cm³/mol. The number of methoxy groups -OCH3 is 1. The SMILES string of the molecule is COc1c(-c2ccccc2)ccc(Cl)c1Cl. The Morgan fingerprint density at radius 1 is 0.938 bits per heavy atom. The lowest BCUT2D eigenvalue weighted by molar-refractivity contribution is 0.416. The maximum atomic E-state index is 6.09. The van der Waals surface area contributed by atoms with Crippen LogP contribution < -0.4 is 4.74 Å². The molecule has 2 rings (SSSR count). The molecule has 0 heterocycles. The van der Waals surface area contributed by atoms with E-state index >= 15 is 0 Å². The molecular formula is C13H10Cl2O. The number of benzene rings is 2. The van der Waals surface area contributed by atoms with E-state index in [9.17, 15) is 0 Å². The molecule has 3 heteroatoms. The number of halogens is 2. The summed E-state index contributed by atoms with van der Waals surface area (Å²) in [5.74, 6) is 0.611. The molecule has 0 saturated carbocycles. The first-order valence-electron chi connectivity index (χ1n) is 4.81. The Bertz CT molecular complexity index is 495. The maximum Gasteiger partial charge on any atom is 0.146 e. The van der Waals surface area contributed by atoms with Gasteiger partial charge in [-0.15, -0.1) is 0 Å². The Hall–Kier alpha value is -1.18. The monoisotopic (exact) mass is 252 g/mol. The Balaban J connectivity index is 2.62. The van der Waals surface area contributed by atoms with Crippen LogP contribution in [0.1, 0.15) is 0 Å². The van der Waals surface area contributed by atoms with Crippen molar-refractivity contribution in [3.05, 3.63) is 52.5 Å². The van der Waals surface area contributed by atoms with Gasteiger partial charge in [0.1, 0.15) is 10.8 Å². The lowest BCUT2D eigenvalue weighted by Gasteiger charge is -2.11. The van der Waals surface area contributed by atoms with E-state index in [4.69, 9.17) is 27.9 Å². The van der Waals surface area contributed by atoms with Gasteiger partial charge >= 0.3 is 0 Å². The summed E-state index contributed by atoms with van der Waals surface area (Å²) >= 11 is 12.0. The summed E-state index contributed by atoms with van der Waals surface area (Å²) in [4.78, 5) is 0. The molecule has 1 nitrogen and oxygen atoms in total. The molecule has 0 unspecified atom stereocenters. The van der Waals surface area contributed by atoms with Crippen LogP contribution in [0.25, 0.3) is 11.1 Å². The summed E-state index contributed by atoms with van der Waals surface area (Å²) in [6.45, 7) is 0. The van der Waals surface area contributed by atoms with Crippen molar-refractivity contribution in [2.45, 2.75) is 0 Å². The topological polar surface area (TPSA) is 9.23 Å². The van der Waals surface area contributed by atoms with Gasteiger partial charge in [-0.2, -0.15) is 0 Å². The number of rotatable bonds is 2. The van der Waals surface area contributed by atoms with Crippen molar-refractivity contribution in [2.75, 3.05) is 7.11 Å². The van der Waals surface area contributed by atoms with Crippen molar-refractivity contribution in [3.8, 4) is 16.9 Å². The smallest absolute Gasteiger partial charge is 0.146 e. The van der Waals surface area contributed by atoms with Gasteiger partial charge in [0.05, 0.1) is 12.1 Å². The Labute approximate surface area is 105 Å². The van der Waals surface area contributed by atoms with Crippen LogP contribution in [0.2, 0.25) is 10.0 Å². The largest absolute Gasteiger partial charge is 0.494 e. The maximum absolute atomic E-state index is 6.09. The number of ether oxygens (including phenoxy) is 1. The van der Waals surface area contributed by atoms with Crippen LogP contribution in [-0.2, 0) is 0 Å². The zero-order chi connectivity index (χ0) is 11.5. The summed E-state index contributed by atoms with van der Waals surface area (Å²) < 4.78 is 5.29. The highest BCUT2D eigenvalue weighted by Gasteiger charge is 2.12. The minimum Gasteiger partial charge on any atom is -0.494 e. The van der Waals surface area contributed by atoms with Crippen LogP contribution in [0.3, 0.4) is 0 Å². The van der Waals surface area contributed by atoms with Crippen LogP contribution in [0.15, 0.2) is 42.5 Å². The zero-order valence-electron chi connectivity index (χ0n) is 8.71. The normalized spacial score (nSPS) is 10.2. The molecule has 16 heavy (non-hydrogen) atoms. The van der Waals surface area contributed by atoms with E-state index in [1.807, 2.05) is 36.4 Å². The second-order valence-electron chi connectivity index (χ2n) is 3.31. The quantitative estimate of drug-likeness (QED) is 0.755. The van der Waals surface area contributed by atoms with E-state index in [-0.39, 0.29) is 0 Å². The summed E-state index contributed by atoms with van der Waals surface area (Å²) in [5, 5.41) is 0.948. The zero-order valence-corrected chi connectivity index (χ0v) is 10.2. The van der Waals surface area contributed by atoms with Gasteiger partial charge in [-0.25, -0.2) is 0 Å². The minimum atomic E-state index is 0.450. The molecular weight excluding hydrogens is 243 g/mol. The molecule has 2 aromatic rings. The van der Waals surface area contributed by atoms with E-state index in [0.717, 1.165) is 11.1 Å². The first kappa shape index (κ1) is 11.3. The van der Waals surface area contributed by atoms with Crippen LogP contribution in [0.5, 0.6) is 5.75 Å². The van der Waals surface area contributed by atoms with Gasteiger partial charge in [0, 0.05) is 5.56 Å². The molecule has 0 aliphatic carbocycles. The first-order valence-corrected chi connectivity index (χ1v) is 5.57. The van der Waals surface area contributed by atoms with Crippen LogP contribution >= 0.6 is 23.2 Å². The van der Waals surface area contributed by atoms with Crippen LogP contribution in [0, 0.1) is 0 Å². The lowest BCUT2D eigenvalue weighted by Crippen LogP contribution is -1.89. The number of hydrogen-bond acceptors (Lipinski definition) is 1. The Kier molecular flexibility index (Phi) is 3.37. The summed E-state index contributed by atoms with van der Waals surface area (Å²) in [6, 6.07) is 13.6. The minimum absolute atomic E-state index is 0.450. The fourth-order valence-electron chi connectivity index (χ4n) is 1.58. The summed E-state index contributed by atoms with van der Waals surface area (Å²) in [5.41, 5.74) is 2.00. The van der Waals surface area contributed by atoms with Crippen molar-refractivity contribution in [2.24, 2.45) is 0 Å². The van der Waals surface area contributed by atoms with E-state index in [1.54, 1.807) is 13.2 Å². The molecule has 0 atom stereocenters. The second kappa shape index (κ2) is 4.77. The lowest BCUT2D eigenvalue weighted by atomic mass is 10.0. The summed E-state index contributed by atoms with van der Waals surface area (Å²) in [6.07, 6.45) is 0. The van der Waals surface area contributed by atoms with E-state index in [1.165, 1.54) is 0 Å². The van der Waals surface area contributed by atoms with Crippen molar-refractivity contribution in [3.63, 3.8) is 0 Å². The molecule has 82 valence electrons. The molecule has 2 aromatic carbocycles. The van der Waals surface area contributed by atoms with E-state index in [2.05, 4.69) is 0 Å². The molecule has 0 fully saturated rings. The average Bonchev–Trinajstić information content (AvgIpc) is 2.33. The highest BCUT2D eigenvalue weighted by atomic mass is 35.5. The second-order valence-corrected chi connectivity index (χ2v) is 4.09. The van der Waals surface area contributed by atoms with E-state index < -0.39 is 0 Å². The molecule has 0 bridgehead atoms. The standard InChI is InChI=1S/C13H10Cl2O/c1-16-13-10(7-8-11(14)12(13)15)9-5-3-2-4-6-9/h2-8H,1H3.